The van der Waals surface area contributed by atoms with Crippen molar-refractivity contribution in [2.75, 3.05) is 6.54 Å². The fraction of sp³-hybridized carbons (Fsp3) is 0.500. The molecule has 4 nitrogen and oxygen atoms in total. The summed E-state index contributed by atoms with van der Waals surface area (Å²) in [4.78, 5) is 23.7. The van der Waals surface area contributed by atoms with E-state index in [4.69, 9.17) is 11.6 Å². The van der Waals surface area contributed by atoms with Crippen LogP contribution in [0.15, 0.2) is 30.3 Å². The maximum atomic E-state index is 11.5. The summed E-state index contributed by atoms with van der Waals surface area (Å²) >= 11 is 5.31. The second-order valence-electron chi connectivity index (χ2n) is 5.07. The van der Waals surface area contributed by atoms with Gasteiger partial charge in [0.15, 0.2) is 0 Å². The first-order valence-electron chi connectivity index (χ1n) is 7.26. The summed E-state index contributed by atoms with van der Waals surface area (Å²) in [6, 6.07) is 9.79. The fourth-order valence-electron chi connectivity index (χ4n) is 2.41. The lowest BCUT2D eigenvalue weighted by molar-refractivity contribution is -0.111. The lowest BCUT2D eigenvalue weighted by Crippen LogP contribution is -2.41. The molecular formula is C16H22ClNO3. The lowest BCUT2D eigenvalue weighted by atomic mass is 10.0. The second-order valence-corrected chi connectivity index (χ2v) is 5.49. The van der Waals surface area contributed by atoms with Gasteiger partial charge in [-0.3, -0.25) is 4.79 Å². The average Bonchev–Trinajstić information content (AvgIpc) is 2.44. The van der Waals surface area contributed by atoms with Crippen LogP contribution in [-0.4, -0.2) is 33.9 Å². The van der Waals surface area contributed by atoms with E-state index in [0.717, 1.165) is 18.4 Å². The zero-order valence-electron chi connectivity index (χ0n) is 12.3. The molecule has 0 aliphatic rings. The first-order chi connectivity index (χ1) is 10.0. The van der Waals surface area contributed by atoms with Crippen molar-refractivity contribution in [2.45, 2.75) is 45.1 Å². The number of benzene rings is 1. The summed E-state index contributed by atoms with van der Waals surface area (Å²) in [6.45, 7) is 2.38. The number of amides is 1. The van der Waals surface area contributed by atoms with Crippen molar-refractivity contribution in [3.63, 3.8) is 0 Å². The summed E-state index contributed by atoms with van der Waals surface area (Å²) in [7, 11) is 0. The van der Waals surface area contributed by atoms with Crippen LogP contribution in [0.25, 0.3) is 0 Å². The number of halogens is 1. The quantitative estimate of drug-likeness (QED) is 0.703. The molecule has 1 rings (SSSR count). The van der Waals surface area contributed by atoms with Crippen molar-refractivity contribution in [3.8, 4) is 0 Å². The Bertz CT molecular complexity index is 450. The Balaban J connectivity index is 2.72. The minimum absolute atomic E-state index is 0.0691. The highest BCUT2D eigenvalue weighted by Crippen LogP contribution is 2.15. The van der Waals surface area contributed by atoms with E-state index in [1.807, 2.05) is 37.3 Å². The molecule has 0 aromatic heterocycles. The molecule has 0 radical (unpaired) electrons. The largest absolute Gasteiger partial charge is 0.465 e. The Kier molecular flexibility index (Phi) is 7.83. The predicted octanol–water partition coefficient (Wildman–Crippen LogP) is 3.92. The molecule has 1 atom stereocenters. The van der Waals surface area contributed by atoms with E-state index in [1.54, 1.807) is 0 Å². The highest BCUT2D eigenvalue weighted by Gasteiger charge is 2.22. The van der Waals surface area contributed by atoms with Gasteiger partial charge < -0.3 is 10.0 Å². The summed E-state index contributed by atoms with van der Waals surface area (Å²) in [5, 5.41) is 9.00. The molecule has 21 heavy (non-hydrogen) atoms. The minimum atomic E-state index is -0.939. The molecule has 116 valence electrons. The summed E-state index contributed by atoms with van der Waals surface area (Å²) in [5.74, 6) is 0. The van der Waals surface area contributed by atoms with Crippen LogP contribution in [0, 0.1) is 0 Å². The molecule has 0 spiro atoms. The van der Waals surface area contributed by atoms with E-state index < -0.39 is 11.3 Å². The molecule has 0 aliphatic carbocycles. The van der Waals surface area contributed by atoms with Crippen LogP contribution in [0.4, 0.5) is 4.79 Å². The molecule has 1 N–H and O–H groups in total. The fourth-order valence-corrected chi connectivity index (χ4v) is 2.54. The van der Waals surface area contributed by atoms with Gasteiger partial charge in [-0.05, 0) is 36.4 Å². The molecule has 0 aliphatic heterocycles. The zero-order valence-corrected chi connectivity index (χ0v) is 13.1. The molecule has 1 amide bonds. The third kappa shape index (κ3) is 6.63. The van der Waals surface area contributed by atoms with Crippen molar-refractivity contribution < 1.29 is 14.7 Å². The molecule has 0 heterocycles. The molecule has 1 aromatic rings. The summed E-state index contributed by atoms with van der Waals surface area (Å²) < 4.78 is 0. The van der Waals surface area contributed by atoms with Crippen LogP contribution in [0.3, 0.4) is 0 Å². The molecule has 0 bridgehead atoms. The van der Waals surface area contributed by atoms with Crippen LogP contribution in [0.2, 0.25) is 0 Å². The van der Waals surface area contributed by atoms with Gasteiger partial charge in [0.2, 0.25) is 5.24 Å². The van der Waals surface area contributed by atoms with Gasteiger partial charge in [0.05, 0.1) is 0 Å². The number of hydrogen-bond acceptors (Lipinski definition) is 2. The standard InChI is InChI=1S/C16H22ClNO3/c1-2-7-14(12-13-8-4-3-5-9-13)18(16(20)21)11-6-10-15(17)19/h3-5,8-9,14H,2,6-7,10-12H2,1H3,(H,20,21). The topological polar surface area (TPSA) is 57.6 Å². The van der Waals surface area contributed by atoms with Gasteiger partial charge in [-0.25, -0.2) is 4.79 Å². The van der Waals surface area contributed by atoms with Crippen LogP contribution in [0.1, 0.15) is 38.2 Å². The normalized spacial score (nSPS) is 11.9. The van der Waals surface area contributed by atoms with Crippen molar-refractivity contribution in [3.05, 3.63) is 35.9 Å². The van der Waals surface area contributed by atoms with E-state index in [2.05, 4.69) is 0 Å². The monoisotopic (exact) mass is 311 g/mol. The van der Waals surface area contributed by atoms with Gasteiger partial charge in [0.1, 0.15) is 0 Å². The van der Waals surface area contributed by atoms with Crippen molar-refractivity contribution in [1.82, 2.24) is 4.90 Å². The van der Waals surface area contributed by atoms with Crippen molar-refractivity contribution in [2.24, 2.45) is 0 Å². The number of rotatable bonds is 9. The van der Waals surface area contributed by atoms with Crippen LogP contribution in [-0.2, 0) is 11.2 Å². The highest BCUT2D eigenvalue weighted by molar-refractivity contribution is 6.63. The molecule has 5 heteroatoms. The van der Waals surface area contributed by atoms with Crippen molar-refractivity contribution in [1.29, 1.82) is 0 Å². The number of carbonyl (C=O) groups is 2. The van der Waals surface area contributed by atoms with Gasteiger partial charge in [-0.1, -0.05) is 43.7 Å². The Labute approximate surface area is 130 Å². The summed E-state index contributed by atoms with van der Waals surface area (Å²) in [6.07, 6.45) is 2.13. The molecule has 1 aromatic carbocycles. The van der Waals surface area contributed by atoms with Crippen LogP contribution in [0.5, 0.6) is 0 Å². The Morgan fingerprint density at radius 3 is 2.48 bits per heavy atom. The minimum Gasteiger partial charge on any atom is -0.465 e. The van der Waals surface area contributed by atoms with E-state index in [1.165, 1.54) is 4.90 Å². The van der Waals surface area contributed by atoms with Gasteiger partial charge >= 0.3 is 6.09 Å². The average molecular weight is 312 g/mol. The molecule has 1 unspecified atom stereocenters. The number of hydrogen-bond donors (Lipinski definition) is 1. The number of carbonyl (C=O) groups excluding carboxylic acids is 1. The third-order valence-corrected chi connectivity index (χ3v) is 3.58. The van der Waals surface area contributed by atoms with Crippen molar-refractivity contribution >= 4 is 22.9 Å². The van der Waals surface area contributed by atoms with Crippen LogP contribution < -0.4 is 0 Å². The molecular weight excluding hydrogens is 290 g/mol. The number of carboxylic acid groups (broad SMARTS) is 1. The third-order valence-electron chi connectivity index (χ3n) is 3.39. The maximum Gasteiger partial charge on any atom is 0.407 e. The number of nitrogens with zero attached hydrogens (tertiary/aromatic N) is 1. The highest BCUT2D eigenvalue weighted by atomic mass is 35.5. The lowest BCUT2D eigenvalue weighted by Gasteiger charge is -2.29. The smallest absolute Gasteiger partial charge is 0.407 e. The molecule has 0 saturated carbocycles. The first kappa shape index (κ1) is 17.5. The van der Waals surface area contributed by atoms with Gasteiger partial charge in [0, 0.05) is 19.0 Å². The first-order valence-corrected chi connectivity index (χ1v) is 7.64. The molecule has 0 saturated heterocycles. The Morgan fingerprint density at radius 1 is 1.29 bits per heavy atom. The SMILES string of the molecule is CCCC(Cc1ccccc1)N(CCCC(=O)Cl)C(=O)O. The van der Waals surface area contributed by atoms with Gasteiger partial charge in [-0.15, -0.1) is 0 Å². The van der Waals surface area contributed by atoms with E-state index >= 15 is 0 Å². The second kappa shape index (κ2) is 9.40. The molecule has 0 fully saturated rings. The maximum absolute atomic E-state index is 11.5. The Morgan fingerprint density at radius 2 is 1.95 bits per heavy atom. The van der Waals surface area contributed by atoms with E-state index in [0.29, 0.717) is 19.4 Å². The predicted molar refractivity (Wildman–Crippen MR) is 83.7 cm³/mol. The van der Waals surface area contributed by atoms with E-state index in [9.17, 15) is 14.7 Å². The van der Waals surface area contributed by atoms with Gasteiger partial charge in [-0.2, -0.15) is 0 Å². The van der Waals surface area contributed by atoms with Gasteiger partial charge in [0.25, 0.3) is 0 Å². The zero-order chi connectivity index (χ0) is 15.7. The van der Waals surface area contributed by atoms with Crippen LogP contribution >= 0.6 is 11.6 Å². The van der Waals surface area contributed by atoms with E-state index in [-0.39, 0.29) is 12.5 Å². The Hall–Kier alpha value is -1.55. The summed E-state index contributed by atoms with van der Waals surface area (Å²) in [5.41, 5.74) is 1.12.